The fraction of sp³-hybridized carbons (Fsp3) is 0.190. The first kappa shape index (κ1) is 20.4. The number of pyridine rings is 1. The quantitative estimate of drug-likeness (QED) is 0.559. The minimum absolute atomic E-state index is 0.230. The number of anilines is 3. The van der Waals surface area contributed by atoms with Crippen LogP contribution in [0.1, 0.15) is 44.0 Å². The highest BCUT2D eigenvalue weighted by Crippen LogP contribution is 2.47. The standard InChI is InChI=1S/C21H17FN6O2S/c1-11-6-14(22)13(7-15(11)27-19(30)16-9-26-20(24)31-16)18(29)28-17-3-2-12(8-25-17)21(10-23)4-5-21/h2-3,6-9H,4-5H2,1H3,(H2,24,26)(H,27,30)(H,25,28,29). The number of carbonyl (C=O) groups excluding carboxylic acids is 2. The van der Waals surface area contributed by atoms with Crippen LogP contribution in [0.4, 0.5) is 21.0 Å². The first-order chi connectivity index (χ1) is 14.8. The van der Waals surface area contributed by atoms with Crippen LogP contribution in [0.2, 0.25) is 0 Å². The summed E-state index contributed by atoms with van der Waals surface area (Å²) in [6.07, 6.45) is 4.46. The van der Waals surface area contributed by atoms with Crippen LogP contribution in [-0.2, 0) is 5.41 Å². The minimum Gasteiger partial charge on any atom is -0.375 e. The number of aromatic nitrogens is 2. The number of hydrogen-bond donors (Lipinski definition) is 3. The maximum absolute atomic E-state index is 14.5. The number of nitrogens with two attached hydrogens (primary N) is 1. The number of rotatable bonds is 5. The minimum atomic E-state index is -0.729. The van der Waals surface area contributed by atoms with Gasteiger partial charge in [-0.15, -0.1) is 0 Å². The van der Waals surface area contributed by atoms with Gasteiger partial charge in [0.2, 0.25) is 0 Å². The van der Waals surface area contributed by atoms with E-state index in [4.69, 9.17) is 5.73 Å². The van der Waals surface area contributed by atoms with Crippen LogP contribution in [-0.4, -0.2) is 21.8 Å². The predicted molar refractivity (Wildman–Crippen MR) is 114 cm³/mol. The average molecular weight is 436 g/mol. The maximum atomic E-state index is 14.5. The van der Waals surface area contributed by atoms with Crippen molar-refractivity contribution in [2.75, 3.05) is 16.4 Å². The molecule has 2 amide bonds. The van der Waals surface area contributed by atoms with Gasteiger partial charge in [0.1, 0.15) is 16.5 Å². The second-order valence-electron chi connectivity index (χ2n) is 7.24. The summed E-state index contributed by atoms with van der Waals surface area (Å²) in [6, 6.07) is 8.03. The van der Waals surface area contributed by atoms with Crippen molar-refractivity contribution < 1.29 is 14.0 Å². The zero-order valence-electron chi connectivity index (χ0n) is 16.4. The third-order valence-corrected chi connectivity index (χ3v) is 5.90. The molecule has 0 spiro atoms. The van der Waals surface area contributed by atoms with Gasteiger partial charge < -0.3 is 16.4 Å². The lowest BCUT2D eigenvalue weighted by molar-refractivity contribution is 0.101. The Kier molecular flexibility index (Phi) is 5.12. The molecule has 0 saturated heterocycles. The summed E-state index contributed by atoms with van der Waals surface area (Å²) in [5.41, 5.74) is 6.36. The van der Waals surface area contributed by atoms with E-state index in [-0.39, 0.29) is 22.2 Å². The van der Waals surface area contributed by atoms with Gasteiger partial charge >= 0.3 is 0 Å². The van der Waals surface area contributed by atoms with Crippen molar-refractivity contribution in [3.05, 3.63) is 64.0 Å². The summed E-state index contributed by atoms with van der Waals surface area (Å²) in [5.74, 6) is -1.67. The van der Waals surface area contributed by atoms with Gasteiger partial charge in [0.15, 0.2) is 5.13 Å². The molecule has 10 heteroatoms. The number of aryl methyl sites for hydroxylation is 1. The van der Waals surface area contributed by atoms with E-state index in [2.05, 4.69) is 26.7 Å². The summed E-state index contributed by atoms with van der Waals surface area (Å²) < 4.78 is 14.5. The van der Waals surface area contributed by atoms with Gasteiger partial charge in [0.05, 0.1) is 23.2 Å². The number of amides is 2. The molecule has 1 aromatic carbocycles. The Morgan fingerprint density at radius 2 is 1.97 bits per heavy atom. The molecule has 1 aliphatic carbocycles. The monoisotopic (exact) mass is 436 g/mol. The number of halogens is 1. The van der Waals surface area contributed by atoms with Crippen LogP contribution in [0.15, 0.2) is 36.7 Å². The van der Waals surface area contributed by atoms with E-state index in [1.807, 2.05) is 0 Å². The Morgan fingerprint density at radius 3 is 2.55 bits per heavy atom. The summed E-state index contributed by atoms with van der Waals surface area (Å²) in [7, 11) is 0. The number of benzene rings is 1. The molecule has 3 aromatic rings. The summed E-state index contributed by atoms with van der Waals surface area (Å²) in [5, 5.41) is 14.7. The van der Waals surface area contributed by atoms with E-state index in [1.54, 1.807) is 25.3 Å². The van der Waals surface area contributed by atoms with Crippen LogP contribution in [0.5, 0.6) is 0 Å². The van der Waals surface area contributed by atoms with Crippen molar-refractivity contribution in [3.8, 4) is 6.07 Å². The molecule has 31 heavy (non-hydrogen) atoms. The first-order valence-electron chi connectivity index (χ1n) is 9.33. The van der Waals surface area contributed by atoms with Crippen molar-refractivity contribution in [3.63, 3.8) is 0 Å². The number of nitrogen functional groups attached to an aromatic ring is 1. The Hall–Kier alpha value is -3.84. The molecule has 8 nitrogen and oxygen atoms in total. The Labute approximate surface area is 180 Å². The van der Waals surface area contributed by atoms with Crippen molar-refractivity contribution >= 4 is 39.8 Å². The molecule has 1 saturated carbocycles. The fourth-order valence-corrected chi connectivity index (χ4v) is 3.66. The highest BCUT2D eigenvalue weighted by atomic mass is 32.1. The molecule has 0 atom stereocenters. The Bertz CT molecular complexity index is 1230. The van der Waals surface area contributed by atoms with Crippen LogP contribution >= 0.6 is 11.3 Å². The van der Waals surface area contributed by atoms with Gasteiger partial charge in [-0.3, -0.25) is 9.59 Å². The second kappa shape index (κ2) is 7.77. The average Bonchev–Trinajstić information content (AvgIpc) is 3.43. The molecular weight excluding hydrogens is 419 g/mol. The number of carbonyl (C=O) groups is 2. The highest BCUT2D eigenvalue weighted by Gasteiger charge is 2.45. The van der Waals surface area contributed by atoms with E-state index >= 15 is 0 Å². The molecule has 156 valence electrons. The number of hydrogen-bond acceptors (Lipinski definition) is 7. The summed E-state index contributed by atoms with van der Waals surface area (Å²) in [4.78, 5) is 33.3. The van der Waals surface area contributed by atoms with Gasteiger partial charge in [0, 0.05) is 11.9 Å². The molecule has 1 aliphatic rings. The van der Waals surface area contributed by atoms with E-state index in [0.717, 1.165) is 29.7 Å². The lowest BCUT2D eigenvalue weighted by Gasteiger charge is -2.12. The van der Waals surface area contributed by atoms with Crippen molar-refractivity contribution in [1.82, 2.24) is 9.97 Å². The molecule has 2 heterocycles. The smallest absolute Gasteiger partial charge is 0.267 e. The van der Waals surface area contributed by atoms with Crippen molar-refractivity contribution in [1.29, 1.82) is 5.26 Å². The molecule has 2 aromatic heterocycles. The molecule has 4 rings (SSSR count). The lowest BCUT2D eigenvalue weighted by Crippen LogP contribution is -2.17. The van der Waals surface area contributed by atoms with Crippen LogP contribution in [0.3, 0.4) is 0 Å². The van der Waals surface area contributed by atoms with E-state index in [9.17, 15) is 19.2 Å². The number of nitrogens with one attached hydrogen (secondary N) is 2. The van der Waals surface area contributed by atoms with E-state index in [1.165, 1.54) is 18.3 Å². The third-order valence-electron chi connectivity index (χ3n) is 5.08. The zero-order chi connectivity index (χ0) is 22.2. The second-order valence-corrected chi connectivity index (χ2v) is 8.31. The van der Waals surface area contributed by atoms with E-state index in [0.29, 0.717) is 10.4 Å². The molecule has 0 radical (unpaired) electrons. The van der Waals surface area contributed by atoms with Crippen LogP contribution in [0, 0.1) is 24.1 Å². The first-order valence-corrected chi connectivity index (χ1v) is 10.1. The summed E-state index contributed by atoms with van der Waals surface area (Å²) in [6.45, 7) is 1.62. The maximum Gasteiger partial charge on any atom is 0.267 e. The molecular formula is C21H17FN6O2S. The SMILES string of the molecule is Cc1cc(F)c(C(=O)Nc2ccc(C3(C#N)CC3)cn2)cc1NC(=O)c1cnc(N)s1. The van der Waals surface area contributed by atoms with Crippen molar-refractivity contribution in [2.45, 2.75) is 25.2 Å². The molecule has 4 N–H and O–H groups in total. The molecule has 1 fully saturated rings. The van der Waals surface area contributed by atoms with E-state index < -0.39 is 23.0 Å². The number of thiazole rings is 1. The lowest BCUT2D eigenvalue weighted by atomic mass is 10.00. The van der Waals surface area contributed by atoms with Gasteiger partial charge in [0.25, 0.3) is 11.8 Å². The number of nitriles is 1. The molecule has 0 bridgehead atoms. The number of nitrogens with zero attached hydrogens (tertiary/aromatic N) is 3. The predicted octanol–water partition coefficient (Wildman–Crippen LogP) is 3.63. The van der Waals surface area contributed by atoms with Crippen LogP contribution in [0.25, 0.3) is 0 Å². The normalized spacial score (nSPS) is 13.8. The Balaban J connectivity index is 1.52. The van der Waals surface area contributed by atoms with Gasteiger partial charge in [-0.2, -0.15) is 5.26 Å². The zero-order valence-corrected chi connectivity index (χ0v) is 17.2. The largest absolute Gasteiger partial charge is 0.375 e. The van der Waals surface area contributed by atoms with Crippen LogP contribution < -0.4 is 16.4 Å². The van der Waals surface area contributed by atoms with Gasteiger partial charge in [-0.1, -0.05) is 17.4 Å². The highest BCUT2D eigenvalue weighted by molar-refractivity contribution is 7.17. The fourth-order valence-electron chi connectivity index (χ4n) is 3.08. The molecule has 0 aliphatic heterocycles. The van der Waals surface area contributed by atoms with Gasteiger partial charge in [-0.05, 0) is 49.1 Å². The van der Waals surface area contributed by atoms with Gasteiger partial charge in [-0.25, -0.2) is 14.4 Å². The third kappa shape index (κ3) is 4.08. The summed E-state index contributed by atoms with van der Waals surface area (Å²) >= 11 is 1.02. The van der Waals surface area contributed by atoms with Crippen molar-refractivity contribution in [2.24, 2.45) is 0 Å². The Morgan fingerprint density at radius 1 is 1.19 bits per heavy atom. The molecule has 0 unspecified atom stereocenters. The topological polar surface area (TPSA) is 134 Å².